The minimum atomic E-state index is -2.56. The van der Waals surface area contributed by atoms with Crippen LogP contribution >= 0.6 is 0 Å². The quantitative estimate of drug-likeness (QED) is 0.166. The van der Waals surface area contributed by atoms with Crippen molar-refractivity contribution >= 4 is 44.0 Å². The van der Waals surface area contributed by atoms with Gasteiger partial charge in [0, 0.05) is 56.2 Å². The topological polar surface area (TPSA) is 48.8 Å². The molecule has 0 amide bonds. The van der Waals surface area contributed by atoms with E-state index in [-0.39, 0.29) is 36.9 Å². The largest absolute Gasteiger partial charge is 0.501 e. The van der Waals surface area contributed by atoms with Crippen LogP contribution in [0.3, 0.4) is 0 Å². The third-order valence-corrected chi connectivity index (χ3v) is 10.7. The van der Waals surface area contributed by atoms with Crippen LogP contribution in [0.4, 0.5) is 0 Å². The number of hydrogen-bond acceptors (Lipinski definition) is 3. The van der Waals surface area contributed by atoms with Crippen LogP contribution in [0.1, 0.15) is 19.4 Å². The summed E-state index contributed by atoms with van der Waals surface area (Å²) in [5.41, 5.74) is 12.1. The maximum atomic E-state index is 8.19. The van der Waals surface area contributed by atoms with Crippen LogP contribution in [-0.2, 0) is 20.1 Å². The molecule has 0 fully saturated rings. The van der Waals surface area contributed by atoms with E-state index in [2.05, 4.69) is 89.5 Å². The molecular formula is C52H34IrN4O-2. The number of para-hydroxylation sites is 6. The third kappa shape index (κ3) is 5.56. The summed E-state index contributed by atoms with van der Waals surface area (Å²) in [4.78, 5) is 9.83. The van der Waals surface area contributed by atoms with Crippen LogP contribution in [0.15, 0.2) is 174 Å². The number of furan rings is 1. The fraction of sp³-hybridized carbons (Fsp3) is 0.0385. The van der Waals surface area contributed by atoms with Crippen LogP contribution in [0.2, 0.25) is 0 Å². The van der Waals surface area contributed by atoms with Crippen molar-refractivity contribution in [2.45, 2.75) is 13.7 Å². The van der Waals surface area contributed by atoms with E-state index in [0.29, 0.717) is 33.6 Å². The molecule has 4 heterocycles. The molecule has 0 atom stereocenters. The fourth-order valence-corrected chi connectivity index (χ4v) is 8.20. The monoisotopic (exact) mass is 929 g/mol. The van der Waals surface area contributed by atoms with Gasteiger partial charge in [-0.1, -0.05) is 114 Å². The molecule has 1 aliphatic heterocycles. The van der Waals surface area contributed by atoms with E-state index in [1.54, 1.807) is 22.8 Å². The maximum Gasteiger partial charge on any atom is 0.120 e. The Labute approximate surface area is 357 Å². The third-order valence-electron chi connectivity index (χ3n) is 10.7. The first-order valence-corrected chi connectivity index (χ1v) is 18.7. The van der Waals surface area contributed by atoms with Crippen molar-refractivity contribution in [3.05, 3.63) is 193 Å². The van der Waals surface area contributed by atoms with Gasteiger partial charge in [0.25, 0.3) is 0 Å². The molecule has 0 spiro atoms. The first-order chi connectivity index (χ1) is 30.6. The molecule has 12 rings (SSSR count). The molecular weight excluding hydrogens is 889 g/mol. The number of aryl methyl sites for hydroxylation is 2. The van der Waals surface area contributed by atoms with E-state index in [9.17, 15) is 0 Å². The minimum absolute atomic E-state index is 0. The molecule has 279 valence electrons. The van der Waals surface area contributed by atoms with Gasteiger partial charge in [-0.15, -0.1) is 54.1 Å². The predicted octanol–water partition coefficient (Wildman–Crippen LogP) is 13.1. The van der Waals surface area contributed by atoms with Crippen molar-refractivity contribution in [1.29, 1.82) is 0 Å². The predicted molar refractivity (Wildman–Crippen MR) is 232 cm³/mol. The number of fused-ring (bicyclic) bond motifs is 9. The summed E-state index contributed by atoms with van der Waals surface area (Å²) in [6.07, 6.45) is 0. The number of rotatable bonds is 3. The van der Waals surface area contributed by atoms with Gasteiger partial charge in [-0.3, -0.25) is 9.97 Å². The zero-order chi connectivity index (χ0) is 43.0. The van der Waals surface area contributed by atoms with Gasteiger partial charge in [-0.25, -0.2) is 0 Å². The van der Waals surface area contributed by atoms with Gasteiger partial charge in [0.2, 0.25) is 0 Å². The Morgan fingerprint density at radius 2 is 1.21 bits per heavy atom. The summed E-state index contributed by atoms with van der Waals surface area (Å²) >= 11 is 0. The van der Waals surface area contributed by atoms with Crippen molar-refractivity contribution in [1.82, 2.24) is 19.1 Å². The van der Waals surface area contributed by atoms with E-state index in [0.717, 1.165) is 38.9 Å². The maximum absolute atomic E-state index is 8.19. The van der Waals surface area contributed by atoms with E-state index < -0.39 is 13.7 Å². The Morgan fingerprint density at radius 1 is 0.534 bits per heavy atom. The van der Waals surface area contributed by atoms with Crippen LogP contribution in [-0.4, -0.2) is 19.1 Å². The Hall–Kier alpha value is -6.85. The molecule has 6 heteroatoms. The van der Waals surface area contributed by atoms with Crippen molar-refractivity contribution in [2.24, 2.45) is 0 Å². The Balaban J connectivity index is 0.000000155. The second kappa shape index (κ2) is 14.3. The normalized spacial score (nSPS) is 13.4. The summed E-state index contributed by atoms with van der Waals surface area (Å²) in [6.45, 7) is -5.12. The van der Waals surface area contributed by atoms with Crippen LogP contribution in [0, 0.1) is 25.8 Å². The Morgan fingerprint density at radius 3 is 2.03 bits per heavy atom. The molecule has 5 nitrogen and oxygen atoms in total. The van der Waals surface area contributed by atoms with Crippen LogP contribution < -0.4 is 0 Å². The summed E-state index contributed by atoms with van der Waals surface area (Å²) in [7, 11) is 0. The fourth-order valence-electron chi connectivity index (χ4n) is 8.20. The van der Waals surface area contributed by atoms with Crippen molar-refractivity contribution in [3.63, 3.8) is 0 Å². The molecule has 0 unspecified atom stereocenters. The van der Waals surface area contributed by atoms with E-state index in [1.807, 2.05) is 60.7 Å². The van der Waals surface area contributed by atoms with Gasteiger partial charge in [-0.05, 0) is 66.3 Å². The molecule has 3 aromatic heterocycles. The number of imidazole rings is 2. The van der Waals surface area contributed by atoms with Crippen LogP contribution in [0.25, 0.3) is 100 Å². The van der Waals surface area contributed by atoms with Gasteiger partial charge >= 0.3 is 0 Å². The molecule has 1 aliphatic rings. The van der Waals surface area contributed by atoms with Crippen molar-refractivity contribution in [3.8, 4) is 56.4 Å². The zero-order valence-corrected chi connectivity index (χ0v) is 33.1. The minimum Gasteiger partial charge on any atom is -0.501 e. The van der Waals surface area contributed by atoms with Gasteiger partial charge in [0.15, 0.2) is 0 Å². The molecule has 0 saturated carbocycles. The molecule has 0 bridgehead atoms. The molecule has 0 aliphatic carbocycles. The summed E-state index contributed by atoms with van der Waals surface area (Å²) in [6, 6.07) is 61.2. The van der Waals surface area contributed by atoms with E-state index >= 15 is 0 Å². The smallest absolute Gasteiger partial charge is 0.120 e. The van der Waals surface area contributed by atoms with Crippen molar-refractivity contribution in [2.75, 3.05) is 0 Å². The van der Waals surface area contributed by atoms with E-state index in [4.69, 9.17) is 22.6 Å². The number of benzene rings is 8. The second-order valence-electron chi connectivity index (χ2n) is 13.9. The molecule has 1 radical (unpaired) electrons. The zero-order valence-electron chi connectivity index (χ0n) is 36.7. The van der Waals surface area contributed by atoms with E-state index in [1.165, 1.54) is 40.5 Å². The van der Waals surface area contributed by atoms with Crippen LogP contribution in [0.5, 0.6) is 0 Å². The van der Waals surface area contributed by atoms with Gasteiger partial charge in [0.1, 0.15) is 5.58 Å². The van der Waals surface area contributed by atoms with Gasteiger partial charge in [-0.2, -0.15) is 0 Å². The van der Waals surface area contributed by atoms with Crippen molar-refractivity contribution < 1.29 is 32.7 Å². The standard InChI is InChI=1S/C27H19N2O.C25H15N2.Ir/c1-17-9-7-10-18(2)25(17)29-23-15-5-4-14-22(23)28-27(29)21-13-8-12-20-19-11-3-6-16-24(19)30-26(20)21;1-2-9-17(10-3-1)25-26-22-15-8-14-21-19-12-5-4-11-18(19)20-13-6-7-16-23(20)27(25)24(21)22;/h3-12,14-16H,1-2H3;1-9,11-16H;/q2*-1;/i1D3,2D3;;. The Kier molecular flexibility index (Phi) is 7.23. The molecule has 58 heavy (non-hydrogen) atoms. The molecule has 0 N–H and O–H groups in total. The summed E-state index contributed by atoms with van der Waals surface area (Å²) in [5.74, 6) is 1.28. The first-order valence-electron chi connectivity index (χ1n) is 21.7. The number of nitrogens with zero attached hydrogens (tertiary/aromatic N) is 4. The van der Waals surface area contributed by atoms with Gasteiger partial charge in [0.05, 0.1) is 39.3 Å². The molecule has 11 aromatic rings. The number of aromatic nitrogens is 4. The molecule has 8 aromatic carbocycles. The van der Waals surface area contributed by atoms with Gasteiger partial charge < -0.3 is 13.6 Å². The Bertz CT molecular complexity index is 3540. The molecule has 0 saturated heterocycles. The average molecular weight is 929 g/mol. The summed E-state index contributed by atoms with van der Waals surface area (Å²) < 4.78 is 59.3. The second-order valence-corrected chi connectivity index (χ2v) is 13.9. The number of hydrogen-bond donors (Lipinski definition) is 0. The first kappa shape index (κ1) is 29.4. The summed E-state index contributed by atoms with van der Waals surface area (Å²) in [5, 5.41) is 1.79. The SMILES string of the molecule is [2H]C([2H])([2H])c1cccc(C([2H])([2H])[2H])c1-n1c(-c2[c-]ccc3c2oc2ccccc23)nc2ccccc21.[Ir].[c-]1ccccc1-c1nc2cccc3c2n1-c1ccccc1-c1ccccc1-3. The average Bonchev–Trinajstić information content (AvgIpc) is 3.98.